The van der Waals surface area contributed by atoms with Gasteiger partial charge in [-0.2, -0.15) is 0 Å². The van der Waals surface area contributed by atoms with Gasteiger partial charge in [0.2, 0.25) is 0 Å². The molecule has 0 aliphatic carbocycles. The summed E-state index contributed by atoms with van der Waals surface area (Å²) in [4.78, 5) is 0. The topological polar surface area (TPSA) is 30.5 Å². The molecule has 0 aliphatic rings. The van der Waals surface area contributed by atoms with Gasteiger partial charge in [-0.05, 0) is 37.1 Å². The molecule has 0 bridgehead atoms. The molecule has 0 amide bonds. The molecular weight excluding hydrogens is 274 g/mol. The van der Waals surface area contributed by atoms with Gasteiger partial charge in [0, 0.05) is 6.54 Å². The van der Waals surface area contributed by atoms with E-state index in [0.717, 1.165) is 37.6 Å². The van der Waals surface area contributed by atoms with Crippen LogP contribution in [0, 0.1) is 0 Å². The molecule has 126 valence electrons. The highest BCUT2D eigenvalue weighted by Crippen LogP contribution is 2.28. The van der Waals surface area contributed by atoms with Crippen molar-refractivity contribution in [3.63, 3.8) is 0 Å². The average Bonchev–Trinajstić information content (AvgIpc) is 2.55. The van der Waals surface area contributed by atoms with Gasteiger partial charge in [-0.1, -0.05) is 52.0 Å². The molecule has 1 aromatic rings. The maximum absolute atomic E-state index is 5.86. The van der Waals surface area contributed by atoms with Crippen LogP contribution in [0.3, 0.4) is 0 Å². The summed E-state index contributed by atoms with van der Waals surface area (Å²) in [5, 5.41) is 3.45. The highest BCUT2D eigenvalue weighted by atomic mass is 16.5. The van der Waals surface area contributed by atoms with Gasteiger partial charge in [0.15, 0.2) is 11.5 Å². The van der Waals surface area contributed by atoms with Crippen LogP contribution in [-0.4, -0.2) is 20.3 Å². The normalized spacial score (nSPS) is 10.7. The van der Waals surface area contributed by atoms with E-state index in [4.69, 9.17) is 9.47 Å². The quantitative estimate of drug-likeness (QED) is 0.524. The molecule has 0 aromatic heterocycles. The Morgan fingerprint density at radius 1 is 0.909 bits per heavy atom. The Morgan fingerprint density at radius 2 is 1.68 bits per heavy atom. The monoisotopic (exact) mass is 307 g/mol. The van der Waals surface area contributed by atoms with Gasteiger partial charge in [-0.25, -0.2) is 0 Å². The molecule has 0 saturated carbocycles. The Morgan fingerprint density at radius 3 is 2.41 bits per heavy atom. The lowest BCUT2D eigenvalue weighted by Gasteiger charge is -2.12. The van der Waals surface area contributed by atoms with E-state index in [0.29, 0.717) is 0 Å². The summed E-state index contributed by atoms with van der Waals surface area (Å²) in [5.74, 6) is 1.69. The Labute approximate surface area is 136 Å². The van der Waals surface area contributed by atoms with Crippen LogP contribution >= 0.6 is 0 Å². The minimum absolute atomic E-state index is 0.772. The van der Waals surface area contributed by atoms with E-state index in [2.05, 4.69) is 31.3 Å². The summed E-state index contributed by atoms with van der Waals surface area (Å²) in [7, 11) is 1.71. The number of nitrogens with one attached hydrogen (secondary N) is 1. The van der Waals surface area contributed by atoms with Crippen LogP contribution in [0.4, 0.5) is 0 Å². The summed E-state index contributed by atoms with van der Waals surface area (Å²) >= 11 is 0. The summed E-state index contributed by atoms with van der Waals surface area (Å²) < 4.78 is 11.3. The zero-order valence-corrected chi connectivity index (χ0v) is 14.6. The van der Waals surface area contributed by atoms with Crippen LogP contribution in [0.5, 0.6) is 11.5 Å². The van der Waals surface area contributed by atoms with Crippen LogP contribution in [0.1, 0.15) is 64.4 Å². The maximum Gasteiger partial charge on any atom is 0.161 e. The van der Waals surface area contributed by atoms with E-state index < -0.39 is 0 Å². The minimum atomic E-state index is 0.772. The van der Waals surface area contributed by atoms with Crippen molar-refractivity contribution in [1.29, 1.82) is 0 Å². The molecule has 0 atom stereocenters. The third-order valence-corrected chi connectivity index (χ3v) is 3.77. The first kappa shape index (κ1) is 18.8. The van der Waals surface area contributed by atoms with Crippen molar-refractivity contribution in [3.8, 4) is 11.5 Å². The van der Waals surface area contributed by atoms with Crippen LogP contribution in [0.2, 0.25) is 0 Å². The minimum Gasteiger partial charge on any atom is -0.493 e. The second kappa shape index (κ2) is 12.3. The van der Waals surface area contributed by atoms with Crippen LogP contribution < -0.4 is 14.8 Å². The smallest absolute Gasteiger partial charge is 0.161 e. The molecule has 3 heteroatoms. The first-order valence-electron chi connectivity index (χ1n) is 8.82. The van der Waals surface area contributed by atoms with Gasteiger partial charge in [0.05, 0.1) is 13.7 Å². The molecule has 0 spiro atoms. The molecule has 0 radical (unpaired) electrons. The van der Waals surface area contributed by atoms with Crippen molar-refractivity contribution in [1.82, 2.24) is 5.32 Å². The Hall–Kier alpha value is -1.22. The number of ether oxygens (including phenoxy) is 2. The fourth-order valence-electron chi connectivity index (χ4n) is 2.36. The molecule has 0 saturated heterocycles. The summed E-state index contributed by atoms with van der Waals surface area (Å²) in [6.07, 6.45) is 8.71. The van der Waals surface area contributed by atoms with E-state index >= 15 is 0 Å². The lowest BCUT2D eigenvalue weighted by atomic mass is 10.1. The first-order chi connectivity index (χ1) is 10.8. The van der Waals surface area contributed by atoms with E-state index in [1.54, 1.807) is 7.11 Å². The third-order valence-electron chi connectivity index (χ3n) is 3.77. The number of methoxy groups -OCH3 is 1. The number of unbranched alkanes of at least 4 members (excludes halogenated alkanes) is 5. The van der Waals surface area contributed by atoms with Gasteiger partial charge < -0.3 is 14.8 Å². The molecule has 1 aromatic carbocycles. The number of hydrogen-bond donors (Lipinski definition) is 1. The molecule has 0 unspecified atom stereocenters. The van der Waals surface area contributed by atoms with Crippen molar-refractivity contribution in [2.45, 2.75) is 65.3 Å². The van der Waals surface area contributed by atoms with Gasteiger partial charge in [0.1, 0.15) is 0 Å². The molecule has 0 fully saturated rings. The zero-order chi connectivity index (χ0) is 16.0. The number of rotatable bonds is 13. The van der Waals surface area contributed by atoms with Gasteiger partial charge in [0.25, 0.3) is 0 Å². The fraction of sp³-hybridized carbons (Fsp3) is 0.684. The summed E-state index contributed by atoms with van der Waals surface area (Å²) in [6.45, 7) is 7.16. The highest BCUT2D eigenvalue weighted by molar-refractivity contribution is 5.42. The molecule has 0 heterocycles. The van der Waals surface area contributed by atoms with Crippen molar-refractivity contribution in [3.05, 3.63) is 23.8 Å². The second-order valence-electron chi connectivity index (χ2n) is 5.78. The SMILES string of the molecule is CCCCCCCOc1ccc(CNCCCC)cc1OC. The van der Waals surface area contributed by atoms with Gasteiger partial charge in [-0.3, -0.25) is 0 Å². The number of hydrogen-bond acceptors (Lipinski definition) is 3. The van der Waals surface area contributed by atoms with Crippen LogP contribution in [0.15, 0.2) is 18.2 Å². The van der Waals surface area contributed by atoms with Gasteiger partial charge in [-0.15, -0.1) is 0 Å². The lowest BCUT2D eigenvalue weighted by Crippen LogP contribution is -2.14. The molecule has 0 aliphatic heterocycles. The Balaban J connectivity index is 2.37. The average molecular weight is 307 g/mol. The van der Waals surface area contributed by atoms with Crippen molar-refractivity contribution >= 4 is 0 Å². The van der Waals surface area contributed by atoms with E-state index in [9.17, 15) is 0 Å². The van der Waals surface area contributed by atoms with Crippen molar-refractivity contribution < 1.29 is 9.47 Å². The molecule has 1 rings (SSSR count). The largest absolute Gasteiger partial charge is 0.493 e. The van der Waals surface area contributed by atoms with Crippen LogP contribution in [0.25, 0.3) is 0 Å². The molecule has 1 N–H and O–H groups in total. The number of benzene rings is 1. The lowest BCUT2D eigenvalue weighted by molar-refractivity contribution is 0.284. The van der Waals surface area contributed by atoms with Gasteiger partial charge >= 0.3 is 0 Å². The van der Waals surface area contributed by atoms with Crippen LogP contribution in [-0.2, 0) is 6.54 Å². The second-order valence-corrected chi connectivity index (χ2v) is 5.78. The standard InChI is InChI=1S/C19H33NO2/c1-4-6-8-9-10-14-22-18-12-11-17(15-19(18)21-3)16-20-13-7-5-2/h11-12,15,20H,4-10,13-14,16H2,1-3H3. The maximum atomic E-state index is 5.86. The molecule has 22 heavy (non-hydrogen) atoms. The molecular formula is C19H33NO2. The fourth-order valence-corrected chi connectivity index (χ4v) is 2.36. The van der Waals surface area contributed by atoms with Crippen molar-refractivity contribution in [2.75, 3.05) is 20.3 Å². The Bertz CT molecular complexity index is 393. The Kier molecular flexibility index (Phi) is 10.6. The summed E-state index contributed by atoms with van der Waals surface area (Å²) in [5.41, 5.74) is 1.24. The zero-order valence-electron chi connectivity index (χ0n) is 14.6. The first-order valence-corrected chi connectivity index (χ1v) is 8.82. The molecule has 3 nitrogen and oxygen atoms in total. The predicted octanol–water partition coefficient (Wildman–Crippen LogP) is 4.93. The van der Waals surface area contributed by atoms with E-state index in [1.807, 2.05) is 6.07 Å². The van der Waals surface area contributed by atoms with Crippen molar-refractivity contribution in [2.24, 2.45) is 0 Å². The highest BCUT2D eigenvalue weighted by Gasteiger charge is 2.05. The van der Waals surface area contributed by atoms with E-state index in [-0.39, 0.29) is 0 Å². The summed E-state index contributed by atoms with van der Waals surface area (Å²) in [6, 6.07) is 6.22. The van der Waals surface area contributed by atoms with E-state index in [1.165, 1.54) is 44.1 Å². The third kappa shape index (κ3) is 7.69. The predicted molar refractivity (Wildman–Crippen MR) is 93.9 cm³/mol.